The predicted molar refractivity (Wildman–Crippen MR) is 137 cm³/mol. The number of rotatable bonds is 10. The first kappa shape index (κ1) is 27.4. The summed E-state index contributed by atoms with van der Waals surface area (Å²) in [6.07, 6.45) is 5.91. The van der Waals surface area contributed by atoms with Crippen molar-refractivity contribution in [2.75, 3.05) is 24.2 Å². The minimum absolute atomic E-state index is 0.0458. The van der Waals surface area contributed by atoms with E-state index in [1.807, 2.05) is 0 Å². The standard InChI is InChI=1S/C26H34FN3O5S/c1-19(26(32)28-21-11-5-4-6-12-21)29(17-20-10-9-13-22(16-20)35-2)25(31)18-30(36(3,33)34)24-15-8-7-14-23(24)27/h7-10,13-16,19,21H,4-6,11-12,17-18H2,1-3H3,(H,28,32)/t19-/m0/s1. The number of carbonyl (C=O) groups excluding carboxylic acids is 2. The fourth-order valence-corrected chi connectivity index (χ4v) is 5.22. The number of hydrogen-bond donors (Lipinski definition) is 1. The molecule has 2 aromatic carbocycles. The van der Waals surface area contributed by atoms with Gasteiger partial charge in [0.25, 0.3) is 0 Å². The third kappa shape index (κ3) is 7.19. The Bertz CT molecular complexity index is 1170. The fraction of sp³-hybridized carbons (Fsp3) is 0.462. The molecule has 0 bridgehead atoms. The van der Waals surface area contributed by atoms with E-state index in [9.17, 15) is 22.4 Å². The summed E-state index contributed by atoms with van der Waals surface area (Å²) in [6.45, 7) is 1.01. The molecule has 1 fully saturated rings. The first-order chi connectivity index (χ1) is 17.1. The highest BCUT2D eigenvalue weighted by molar-refractivity contribution is 7.92. The lowest BCUT2D eigenvalue weighted by molar-refractivity contribution is -0.139. The summed E-state index contributed by atoms with van der Waals surface area (Å²) in [7, 11) is -2.47. The van der Waals surface area contributed by atoms with Crippen molar-refractivity contribution >= 4 is 27.5 Å². The molecule has 2 amide bonds. The third-order valence-corrected chi connectivity index (χ3v) is 7.53. The molecule has 1 saturated carbocycles. The van der Waals surface area contributed by atoms with Crippen LogP contribution in [0.3, 0.4) is 0 Å². The largest absolute Gasteiger partial charge is 0.497 e. The molecule has 10 heteroatoms. The summed E-state index contributed by atoms with van der Waals surface area (Å²) >= 11 is 0. The number of sulfonamides is 1. The zero-order chi connectivity index (χ0) is 26.3. The number of anilines is 1. The number of methoxy groups -OCH3 is 1. The smallest absolute Gasteiger partial charge is 0.244 e. The van der Waals surface area contributed by atoms with Crippen molar-refractivity contribution in [1.82, 2.24) is 10.2 Å². The number of halogens is 1. The Morgan fingerprint density at radius 1 is 1.11 bits per heavy atom. The molecule has 0 aliphatic heterocycles. The van der Waals surface area contributed by atoms with Crippen LogP contribution >= 0.6 is 0 Å². The zero-order valence-corrected chi connectivity index (χ0v) is 21.8. The van der Waals surface area contributed by atoms with E-state index in [1.54, 1.807) is 31.2 Å². The van der Waals surface area contributed by atoms with Gasteiger partial charge in [-0.2, -0.15) is 0 Å². The highest BCUT2D eigenvalue weighted by Crippen LogP contribution is 2.23. The summed E-state index contributed by atoms with van der Waals surface area (Å²) in [4.78, 5) is 28.0. The number of para-hydroxylation sites is 1. The van der Waals surface area contributed by atoms with Gasteiger partial charge in [-0.05, 0) is 49.6 Å². The number of nitrogens with zero attached hydrogens (tertiary/aromatic N) is 2. The van der Waals surface area contributed by atoms with Gasteiger partial charge >= 0.3 is 0 Å². The molecule has 3 rings (SSSR count). The SMILES string of the molecule is COc1cccc(CN(C(=O)CN(c2ccccc2F)S(C)(=O)=O)[C@@H](C)C(=O)NC2CCCCC2)c1. The molecule has 196 valence electrons. The van der Waals surface area contributed by atoms with Gasteiger partial charge in [0.05, 0.1) is 19.1 Å². The van der Waals surface area contributed by atoms with Crippen molar-refractivity contribution in [2.24, 2.45) is 0 Å². The van der Waals surface area contributed by atoms with Crippen LogP contribution in [0.4, 0.5) is 10.1 Å². The molecule has 2 aromatic rings. The van der Waals surface area contributed by atoms with Gasteiger partial charge in [-0.25, -0.2) is 12.8 Å². The van der Waals surface area contributed by atoms with Gasteiger partial charge in [-0.15, -0.1) is 0 Å². The van der Waals surface area contributed by atoms with Crippen molar-refractivity contribution in [3.63, 3.8) is 0 Å². The molecule has 36 heavy (non-hydrogen) atoms. The number of ether oxygens (including phenoxy) is 1. The molecule has 1 aliphatic carbocycles. The number of benzene rings is 2. The molecule has 8 nitrogen and oxygen atoms in total. The van der Waals surface area contributed by atoms with Gasteiger partial charge in [-0.3, -0.25) is 13.9 Å². The average molecular weight is 520 g/mol. The lowest BCUT2D eigenvalue weighted by Gasteiger charge is -2.33. The maximum Gasteiger partial charge on any atom is 0.244 e. The Hall–Kier alpha value is -3.14. The zero-order valence-electron chi connectivity index (χ0n) is 20.9. The second-order valence-corrected chi connectivity index (χ2v) is 11.0. The number of nitrogens with one attached hydrogen (secondary N) is 1. The molecule has 0 saturated heterocycles. The van der Waals surface area contributed by atoms with Crippen LogP contribution in [0.25, 0.3) is 0 Å². The van der Waals surface area contributed by atoms with Crippen molar-refractivity contribution in [2.45, 2.75) is 57.7 Å². The van der Waals surface area contributed by atoms with Crippen LogP contribution in [0.1, 0.15) is 44.6 Å². The van der Waals surface area contributed by atoms with Gasteiger partial charge in [0, 0.05) is 12.6 Å². The number of hydrogen-bond acceptors (Lipinski definition) is 5. The van der Waals surface area contributed by atoms with E-state index in [1.165, 1.54) is 30.2 Å². The lowest BCUT2D eigenvalue weighted by Crippen LogP contribution is -2.53. The van der Waals surface area contributed by atoms with Gasteiger partial charge < -0.3 is 15.0 Å². The summed E-state index contributed by atoms with van der Waals surface area (Å²) in [6, 6.07) is 11.6. The Morgan fingerprint density at radius 3 is 2.44 bits per heavy atom. The van der Waals surface area contributed by atoms with Crippen molar-refractivity contribution in [3.05, 3.63) is 59.9 Å². The van der Waals surface area contributed by atoms with E-state index in [-0.39, 0.29) is 24.2 Å². The molecule has 0 heterocycles. The van der Waals surface area contributed by atoms with E-state index in [0.29, 0.717) is 11.3 Å². The predicted octanol–water partition coefficient (Wildman–Crippen LogP) is 3.47. The quantitative estimate of drug-likeness (QED) is 0.519. The van der Waals surface area contributed by atoms with Crippen molar-refractivity contribution in [3.8, 4) is 5.75 Å². The first-order valence-electron chi connectivity index (χ1n) is 12.0. The maximum atomic E-state index is 14.5. The third-order valence-electron chi connectivity index (χ3n) is 6.41. The van der Waals surface area contributed by atoms with Gasteiger partial charge in [0.15, 0.2) is 0 Å². The topological polar surface area (TPSA) is 96.0 Å². The van der Waals surface area contributed by atoms with Crippen LogP contribution in [-0.2, 0) is 26.2 Å². The number of carbonyl (C=O) groups is 2. The van der Waals surface area contributed by atoms with Crippen LogP contribution in [-0.4, -0.2) is 57.1 Å². The van der Waals surface area contributed by atoms with Crippen LogP contribution in [0.15, 0.2) is 48.5 Å². The van der Waals surface area contributed by atoms with E-state index in [4.69, 9.17) is 4.74 Å². The highest BCUT2D eigenvalue weighted by atomic mass is 32.2. The van der Waals surface area contributed by atoms with E-state index in [0.717, 1.165) is 48.7 Å². The Balaban J connectivity index is 1.89. The second kappa shape index (κ2) is 12.2. The van der Waals surface area contributed by atoms with Gasteiger partial charge in [0.1, 0.15) is 24.2 Å². The average Bonchev–Trinajstić information content (AvgIpc) is 2.86. The minimum atomic E-state index is -4.00. The minimum Gasteiger partial charge on any atom is -0.497 e. The molecule has 0 spiro atoms. The van der Waals surface area contributed by atoms with Crippen molar-refractivity contribution < 1.29 is 27.1 Å². The molecule has 0 unspecified atom stereocenters. The van der Waals surface area contributed by atoms with Crippen LogP contribution < -0.4 is 14.4 Å². The Labute approximate surface area is 212 Å². The number of amides is 2. The lowest BCUT2D eigenvalue weighted by atomic mass is 9.95. The maximum absolute atomic E-state index is 14.5. The van der Waals surface area contributed by atoms with Crippen LogP contribution in [0.5, 0.6) is 5.75 Å². The van der Waals surface area contributed by atoms with Crippen molar-refractivity contribution in [1.29, 1.82) is 0 Å². The molecule has 1 aliphatic rings. The second-order valence-electron chi connectivity index (χ2n) is 9.11. The van der Waals surface area contributed by atoms with Gasteiger partial charge in [-0.1, -0.05) is 43.5 Å². The van der Waals surface area contributed by atoms with E-state index < -0.39 is 34.3 Å². The normalized spacial score (nSPS) is 15.1. The van der Waals surface area contributed by atoms with Crippen LogP contribution in [0, 0.1) is 5.82 Å². The Kier molecular flexibility index (Phi) is 9.31. The van der Waals surface area contributed by atoms with E-state index >= 15 is 0 Å². The highest BCUT2D eigenvalue weighted by Gasteiger charge is 2.32. The van der Waals surface area contributed by atoms with Crippen LogP contribution in [0.2, 0.25) is 0 Å². The Morgan fingerprint density at radius 2 is 1.81 bits per heavy atom. The molecule has 1 N–H and O–H groups in total. The van der Waals surface area contributed by atoms with Gasteiger partial charge in [0.2, 0.25) is 21.8 Å². The molecular formula is C26H34FN3O5S. The monoisotopic (exact) mass is 519 g/mol. The molecular weight excluding hydrogens is 485 g/mol. The first-order valence-corrected chi connectivity index (χ1v) is 13.9. The summed E-state index contributed by atoms with van der Waals surface area (Å²) in [5.41, 5.74) is 0.478. The molecule has 1 atom stereocenters. The summed E-state index contributed by atoms with van der Waals surface area (Å²) < 4.78 is 45.6. The molecule has 0 radical (unpaired) electrons. The summed E-state index contributed by atoms with van der Waals surface area (Å²) in [5, 5.41) is 3.04. The molecule has 0 aromatic heterocycles. The fourth-order valence-electron chi connectivity index (χ4n) is 4.37. The van der Waals surface area contributed by atoms with E-state index in [2.05, 4.69) is 5.32 Å². The summed E-state index contributed by atoms with van der Waals surface area (Å²) in [5.74, 6) is -1.12.